The molecule has 4 aliphatic carbocycles. The maximum Gasteiger partial charge on any atom is 0.404 e. The standard InChI is InChI=1S/C28H36N4O3/c1-17-2-4-23-22(3-5-24(30-23)32-8-6-21(7-9-32)29-27(34)35)26(17)31-25(33)16-28-13-18-10-19(14-28)12-20(11-18)15-28/h2-5,18-21,29H,6-16H2,1H3,(H,31,33)(H,34,35). The van der Waals surface area contributed by atoms with Crippen molar-refractivity contribution in [2.45, 2.75) is 70.8 Å². The van der Waals surface area contributed by atoms with Crippen LogP contribution in [0, 0.1) is 30.1 Å². The van der Waals surface area contributed by atoms with Gasteiger partial charge in [0.05, 0.1) is 11.2 Å². The molecule has 7 nitrogen and oxygen atoms in total. The van der Waals surface area contributed by atoms with Gasteiger partial charge in [0.25, 0.3) is 0 Å². The normalized spacial score (nSPS) is 30.0. The molecule has 5 fully saturated rings. The fraction of sp³-hybridized carbons (Fsp3) is 0.607. The number of nitrogens with zero attached hydrogens (tertiary/aromatic N) is 2. The highest BCUT2D eigenvalue weighted by Crippen LogP contribution is 2.61. The van der Waals surface area contributed by atoms with Crippen molar-refractivity contribution in [1.29, 1.82) is 0 Å². The van der Waals surface area contributed by atoms with E-state index in [4.69, 9.17) is 10.1 Å². The summed E-state index contributed by atoms with van der Waals surface area (Å²) in [6, 6.07) is 8.18. The summed E-state index contributed by atoms with van der Waals surface area (Å²) in [5, 5.41) is 15.8. The lowest BCUT2D eigenvalue weighted by molar-refractivity contribution is -0.124. The highest BCUT2D eigenvalue weighted by Gasteiger charge is 2.51. The number of rotatable bonds is 5. The van der Waals surface area contributed by atoms with Crippen LogP contribution in [0.5, 0.6) is 0 Å². The van der Waals surface area contributed by atoms with Gasteiger partial charge in [-0.25, -0.2) is 9.78 Å². The van der Waals surface area contributed by atoms with Gasteiger partial charge in [0.2, 0.25) is 5.91 Å². The second-order valence-electron chi connectivity index (χ2n) is 11.8. The van der Waals surface area contributed by atoms with Crippen molar-refractivity contribution in [3.8, 4) is 0 Å². The molecular formula is C28H36N4O3. The average molecular weight is 477 g/mol. The zero-order chi connectivity index (χ0) is 24.2. The van der Waals surface area contributed by atoms with E-state index >= 15 is 0 Å². The molecule has 2 aromatic rings. The van der Waals surface area contributed by atoms with Crippen LogP contribution in [0.3, 0.4) is 0 Å². The van der Waals surface area contributed by atoms with Crippen LogP contribution in [0.2, 0.25) is 0 Å². The van der Waals surface area contributed by atoms with Crippen molar-refractivity contribution in [1.82, 2.24) is 10.3 Å². The van der Waals surface area contributed by atoms with Gasteiger partial charge in [0, 0.05) is 30.9 Å². The number of amides is 2. The van der Waals surface area contributed by atoms with E-state index in [2.05, 4.69) is 21.6 Å². The van der Waals surface area contributed by atoms with Crippen LogP contribution in [0.15, 0.2) is 24.3 Å². The third-order valence-electron chi connectivity index (χ3n) is 9.18. The van der Waals surface area contributed by atoms with Crippen molar-refractivity contribution < 1.29 is 14.7 Å². The van der Waals surface area contributed by atoms with Gasteiger partial charge in [0.1, 0.15) is 5.82 Å². The van der Waals surface area contributed by atoms with Gasteiger partial charge in [-0.1, -0.05) is 6.07 Å². The van der Waals surface area contributed by atoms with Crippen LogP contribution in [0.4, 0.5) is 16.3 Å². The fourth-order valence-electron chi connectivity index (χ4n) is 8.10. The zero-order valence-corrected chi connectivity index (χ0v) is 20.6. The second-order valence-corrected chi connectivity index (χ2v) is 11.8. The Bertz CT molecular complexity index is 1120. The third kappa shape index (κ3) is 4.45. The predicted octanol–water partition coefficient (Wildman–Crippen LogP) is 5.32. The van der Waals surface area contributed by atoms with E-state index in [0.29, 0.717) is 6.42 Å². The van der Waals surface area contributed by atoms with Crippen molar-refractivity contribution in [2.75, 3.05) is 23.3 Å². The van der Waals surface area contributed by atoms with Gasteiger partial charge < -0.3 is 20.6 Å². The molecule has 3 N–H and O–H groups in total. The van der Waals surface area contributed by atoms with Gasteiger partial charge in [-0.3, -0.25) is 4.79 Å². The topological polar surface area (TPSA) is 94.6 Å². The van der Waals surface area contributed by atoms with Gasteiger partial charge in [0.15, 0.2) is 0 Å². The number of anilines is 2. The molecule has 7 heteroatoms. The summed E-state index contributed by atoms with van der Waals surface area (Å²) in [6.07, 6.45) is 9.13. The molecule has 5 aliphatic rings. The Hall–Kier alpha value is -2.83. The Morgan fingerprint density at radius 3 is 2.31 bits per heavy atom. The summed E-state index contributed by atoms with van der Waals surface area (Å²) < 4.78 is 0. The first-order valence-corrected chi connectivity index (χ1v) is 13.3. The van der Waals surface area contributed by atoms with Crippen molar-refractivity contribution in [2.24, 2.45) is 23.2 Å². The Morgan fingerprint density at radius 1 is 1.03 bits per heavy atom. The number of aromatic nitrogens is 1. The first-order chi connectivity index (χ1) is 16.9. The summed E-state index contributed by atoms with van der Waals surface area (Å²) in [7, 11) is 0. The lowest BCUT2D eigenvalue weighted by Crippen LogP contribution is -2.47. The fourth-order valence-corrected chi connectivity index (χ4v) is 8.10. The number of aryl methyl sites for hydroxylation is 1. The molecule has 1 aromatic heterocycles. The molecule has 1 aromatic carbocycles. The Labute approximate surface area is 206 Å². The lowest BCUT2D eigenvalue weighted by Gasteiger charge is -2.56. The highest BCUT2D eigenvalue weighted by atomic mass is 16.4. The van der Waals surface area contributed by atoms with E-state index in [1.165, 1.54) is 38.5 Å². The van der Waals surface area contributed by atoms with E-state index in [-0.39, 0.29) is 17.4 Å². The van der Waals surface area contributed by atoms with Crippen LogP contribution in [0.25, 0.3) is 10.9 Å². The quantitative estimate of drug-likeness (QED) is 0.543. The molecule has 7 rings (SSSR count). The van der Waals surface area contributed by atoms with E-state index < -0.39 is 6.09 Å². The maximum atomic E-state index is 13.3. The molecule has 0 radical (unpaired) electrons. The molecule has 2 heterocycles. The van der Waals surface area contributed by atoms with E-state index in [1.807, 2.05) is 25.1 Å². The number of hydrogen-bond acceptors (Lipinski definition) is 4. The minimum atomic E-state index is -0.958. The molecule has 0 atom stereocenters. The van der Waals surface area contributed by atoms with E-state index in [1.54, 1.807) is 0 Å². The average Bonchev–Trinajstić information content (AvgIpc) is 2.79. The van der Waals surface area contributed by atoms with Crippen LogP contribution in [-0.4, -0.2) is 41.2 Å². The number of hydrogen-bond donors (Lipinski definition) is 3. The summed E-state index contributed by atoms with van der Waals surface area (Å²) >= 11 is 0. The molecule has 35 heavy (non-hydrogen) atoms. The third-order valence-corrected chi connectivity index (χ3v) is 9.18. The minimum absolute atomic E-state index is 0.00245. The van der Waals surface area contributed by atoms with Gasteiger partial charge in [-0.15, -0.1) is 0 Å². The zero-order valence-electron chi connectivity index (χ0n) is 20.6. The SMILES string of the molecule is Cc1ccc2nc(N3CCC(NC(=O)O)CC3)ccc2c1NC(=O)CC12CC3CC(CC(C3)C1)C2. The Kier molecular flexibility index (Phi) is 5.61. The van der Waals surface area contributed by atoms with E-state index in [9.17, 15) is 9.59 Å². The number of fused-ring (bicyclic) bond motifs is 1. The molecule has 2 amide bonds. The molecule has 1 aliphatic heterocycles. The number of piperidine rings is 1. The van der Waals surface area contributed by atoms with Crippen LogP contribution < -0.4 is 15.5 Å². The number of nitrogens with one attached hydrogen (secondary N) is 2. The molecule has 4 saturated carbocycles. The van der Waals surface area contributed by atoms with Crippen LogP contribution >= 0.6 is 0 Å². The van der Waals surface area contributed by atoms with Crippen LogP contribution in [-0.2, 0) is 4.79 Å². The smallest absolute Gasteiger partial charge is 0.404 e. The monoisotopic (exact) mass is 476 g/mol. The molecule has 0 spiro atoms. The van der Waals surface area contributed by atoms with Gasteiger partial charge in [-0.2, -0.15) is 0 Å². The molecule has 186 valence electrons. The van der Waals surface area contributed by atoms with Gasteiger partial charge in [-0.05, 0) is 105 Å². The lowest BCUT2D eigenvalue weighted by atomic mass is 9.49. The first kappa shape index (κ1) is 22.6. The number of carbonyl (C=O) groups is 2. The summed E-state index contributed by atoms with van der Waals surface area (Å²) in [5.41, 5.74) is 3.06. The molecular weight excluding hydrogens is 440 g/mol. The molecule has 1 saturated heterocycles. The Balaban J connectivity index is 1.17. The van der Waals surface area contributed by atoms with E-state index in [0.717, 1.165) is 71.7 Å². The van der Waals surface area contributed by atoms with Crippen molar-refractivity contribution in [3.05, 3.63) is 29.8 Å². The summed E-state index contributed by atoms with van der Waals surface area (Å²) in [4.78, 5) is 31.4. The van der Waals surface area contributed by atoms with Crippen molar-refractivity contribution >= 4 is 34.4 Å². The minimum Gasteiger partial charge on any atom is -0.465 e. The maximum absolute atomic E-state index is 13.3. The van der Waals surface area contributed by atoms with Gasteiger partial charge >= 0.3 is 6.09 Å². The molecule has 4 bridgehead atoms. The highest BCUT2D eigenvalue weighted by molar-refractivity contribution is 6.02. The molecule has 0 unspecified atom stereocenters. The first-order valence-electron chi connectivity index (χ1n) is 13.3. The second kappa shape index (κ2) is 8.68. The van der Waals surface area contributed by atoms with Crippen molar-refractivity contribution in [3.63, 3.8) is 0 Å². The van der Waals surface area contributed by atoms with Crippen LogP contribution in [0.1, 0.15) is 63.4 Å². The number of benzene rings is 1. The number of carbonyl (C=O) groups excluding carboxylic acids is 1. The summed E-state index contributed by atoms with van der Waals surface area (Å²) in [5.74, 6) is 3.60. The number of pyridine rings is 1. The number of carboxylic acid groups (broad SMARTS) is 1. The Morgan fingerprint density at radius 2 is 1.69 bits per heavy atom. The summed E-state index contributed by atoms with van der Waals surface area (Å²) in [6.45, 7) is 3.59. The largest absolute Gasteiger partial charge is 0.465 e. The predicted molar refractivity (Wildman–Crippen MR) is 137 cm³/mol.